The van der Waals surface area contributed by atoms with Crippen LogP contribution in [-0.2, 0) is 6.61 Å². The second kappa shape index (κ2) is 5.81. The van der Waals surface area contributed by atoms with E-state index in [9.17, 15) is 0 Å². The summed E-state index contributed by atoms with van der Waals surface area (Å²) in [6.45, 7) is 2.43. The van der Waals surface area contributed by atoms with Crippen LogP contribution < -0.4 is 4.74 Å². The van der Waals surface area contributed by atoms with Gasteiger partial charge in [0.1, 0.15) is 24.3 Å². The van der Waals surface area contributed by atoms with Crippen LogP contribution in [0.2, 0.25) is 0 Å². The van der Waals surface area contributed by atoms with Crippen molar-refractivity contribution in [2.24, 2.45) is 0 Å². The molecular formula is C15H12BrNO2S. The highest BCUT2D eigenvalue weighted by Gasteiger charge is 2.09. The van der Waals surface area contributed by atoms with Gasteiger partial charge in [-0.25, -0.2) is 4.98 Å². The minimum atomic E-state index is 0.385. The summed E-state index contributed by atoms with van der Waals surface area (Å²) in [6, 6.07) is 9.94. The fraction of sp³-hybridized carbons (Fsp3) is 0.133. The van der Waals surface area contributed by atoms with Gasteiger partial charge in [0.05, 0.1) is 9.35 Å². The van der Waals surface area contributed by atoms with Crippen LogP contribution >= 0.6 is 27.3 Å². The van der Waals surface area contributed by atoms with E-state index in [0.29, 0.717) is 12.5 Å². The minimum absolute atomic E-state index is 0.385. The maximum atomic E-state index is 5.74. The zero-order valence-corrected chi connectivity index (χ0v) is 13.2. The fourth-order valence-electron chi connectivity index (χ4n) is 1.76. The number of thiophene rings is 1. The lowest BCUT2D eigenvalue weighted by Crippen LogP contribution is -1.96. The molecule has 0 aliphatic carbocycles. The van der Waals surface area contributed by atoms with Crippen LogP contribution in [-0.4, -0.2) is 4.98 Å². The number of ether oxygens (including phenoxy) is 1. The molecule has 1 aromatic carbocycles. The first-order valence-electron chi connectivity index (χ1n) is 6.09. The average Bonchev–Trinajstić information content (AvgIpc) is 3.08. The normalized spacial score (nSPS) is 10.7. The van der Waals surface area contributed by atoms with E-state index in [-0.39, 0.29) is 0 Å². The van der Waals surface area contributed by atoms with E-state index in [0.717, 1.165) is 20.8 Å². The van der Waals surface area contributed by atoms with Crippen LogP contribution in [0, 0.1) is 6.92 Å². The van der Waals surface area contributed by atoms with Crippen LogP contribution in [0.15, 0.2) is 50.9 Å². The molecular weight excluding hydrogens is 338 g/mol. The third-order valence-corrected chi connectivity index (χ3v) is 4.22. The largest absolute Gasteiger partial charge is 0.486 e. The van der Waals surface area contributed by atoms with E-state index < -0.39 is 0 Å². The van der Waals surface area contributed by atoms with Crippen LogP contribution in [0.25, 0.3) is 10.8 Å². The Balaban J connectivity index is 1.70. The summed E-state index contributed by atoms with van der Waals surface area (Å²) in [6.07, 6.45) is 1.64. The van der Waals surface area contributed by atoms with Crippen molar-refractivity contribution in [1.29, 1.82) is 0 Å². The molecule has 102 valence electrons. The molecule has 3 nitrogen and oxygen atoms in total. The highest BCUT2D eigenvalue weighted by atomic mass is 79.9. The number of halogens is 1. The Morgan fingerprint density at radius 1 is 1.35 bits per heavy atom. The lowest BCUT2D eigenvalue weighted by atomic mass is 10.2. The van der Waals surface area contributed by atoms with E-state index in [1.54, 1.807) is 17.6 Å². The van der Waals surface area contributed by atoms with Crippen LogP contribution in [0.4, 0.5) is 0 Å². The molecule has 0 aliphatic rings. The third-order valence-electron chi connectivity index (χ3n) is 2.75. The Labute approximate surface area is 129 Å². The van der Waals surface area contributed by atoms with Crippen molar-refractivity contribution in [3.05, 3.63) is 57.7 Å². The first-order chi connectivity index (χ1) is 9.72. The molecule has 0 bridgehead atoms. The van der Waals surface area contributed by atoms with Gasteiger partial charge in [-0.1, -0.05) is 12.1 Å². The van der Waals surface area contributed by atoms with E-state index in [1.807, 2.05) is 42.6 Å². The molecule has 2 heterocycles. The summed E-state index contributed by atoms with van der Waals surface area (Å²) in [5.41, 5.74) is 1.96. The molecule has 0 atom stereocenters. The number of hydrogen-bond donors (Lipinski definition) is 0. The average molecular weight is 350 g/mol. The molecule has 0 aliphatic heterocycles. The van der Waals surface area contributed by atoms with Crippen molar-refractivity contribution in [1.82, 2.24) is 4.98 Å². The molecule has 2 aromatic heterocycles. The highest BCUT2D eigenvalue weighted by Crippen LogP contribution is 2.27. The summed E-state index contributed by atoms with van der Waals surface area (Å²) in [5.74, 6) is 1.44. The Bertz CT molecular complexity index is 706. The summed E-state index contributed by atoms with van der Waals surface area (Å²) in [4.78, 5) is 5.44. The quantitative estimate of drug-likeness (QED) is 0.660. The predicted octanol–water partition coefficient (Wildman–Crippen LogP) is 5.05. The van der Waals surface area contributed by atoms with Crippen LogP contribution in [0.3, 0.4) is 0 Å². The van der Waals surface area contributed by atoms with Crippen molar-refractivity contribution in [3.8, 4) is 16.5 Å². The predicted molar refractivity (Wildman–Crippen MR) is 83.0 cm³/mol. The van der Waals surface area contributed by atoms with Crippen molar-refractivity contribution in [3.63, 3.8) is 0 Å². The minimum Gasteiger partial charge on any atom is -0.486 e. The van der Waals surface area contributed by atoms with Crippen molar-refractivity contribution < 1.29 is 9.15 Å². The van der Waals surface area contributed by atoms with Gasteiger partial charge in [0.25, 0.3) is 0 Å². The van der Waals surface area contributed by atoms with Gasteiger partial charge in [-0.15, -0.1) is 11.3 Å². The van der Waals surface area contributed by atoms with E-state index in [2.05, 4.69) is 20.9 Å². The van der Waals surface area contributed by atoms with Gasteiger partial charge in [-0.05, 0) is 52.0 Å². The number of nitrogens with zero attached hydrogens (tertiary/aromatic N) is 1. The molecule has 0 fully saturated rings. The second-order valence-electron chi connectivity index (χ2n) is 4.34. The van der Waals surface area contributed by atoms with Gasteiger partial charge in [-0.3, -0.25) is 0 Å². The van der Waals surface area contributed by atoms with Crippen molar-refractivity contribution in [2.45, 2.75) is 13.5 Å². The van der Waals surface area contributed by atoms with Crippen LogP contribution in [0.5, 0.6) is 5.75 Å². The molecule has 0 N–H and O–H groups in total. The fourth-order valence-corrected chi connectivity index (χ4v) is 3.02. The number of benzene rings is 1. The van der Waals surface area contributed by atoms with Crippen molar-refractivity contribution >= 4 is 27.3 Å². The topological polar surface area (TPSA) is 35.3 Å². The molecule has 0 spiro atoms. The van der Waals surface area contributed by atoms with Gasteiger partial charge in [0, 0.05) is 0 Å². The van der Waals surface area contributed by atoms with Gasteiger partial charge < -0.3 is 9.15 Å². The van der Waals surface area contributed by atoms with Gasteiger partial charge in [0.2, 0.25) is 5.89 Å². The zero-order valence-electron chi connectivity index (χ0n) is 10.8. The Kier molecular flexibility index (Phi) is 3.89. The summed E-state index contributed by atoms with van der Waals surface area (Å²) >= 11 is 5.09. The molecule has 3 rings (SSSR count). The Morgan fingerprint density at radius 2 is 2.25 bits per heavy atom. The van der Waals surface area contributed by atoms with Gasteiger partial charge >= 0.3 is 0 Å². The third kappa shape index (κ3) is 2.94. The van der Waals surface area contributed by atoms with E-state index >= 15 is 0 Å². The number of aryl methyl sites for hydroxylation is 1. The lowest BCUT2D eigenvalue weighted by Gasteiger charge is -2.06. The van der Waals surface area contributed by atoms with Gasteiger partial charge in [0.15, 0.2) is 0 Å². The number of hydrogen-bond acceptors (Lipinski definition) is 4. The molecule has 5 heteroatoms. The van der Waals surface area contributed by atoms with Gasteiger partial charge in [-0.2, -0.15) is 0 Å². The number of rotatable bonds is 4. The number of aromatic nitrogens is 1. The van der Waals surface area contributed by atoms with E-state index in [1.165, 1.54) is 5.56 Å². The molecule has 20 heavy (non-hydrogen) atoms. The van der Waals surface area contributed by atoms with E-state index in [4.69, 9.17) is 9.15 Å². The first-order valence-corrected chi connectivity index (χ1v) is 7.77. The molecule has 0 saturated carbocycles. The molecule has 3 aromatic rings. The highest BCUT2D eigenvalue weighted by molar-refractivity contribution is 9.10. The second-order valence-corrected chi connectivity index (χ2v) is 6.15. The van der Waals surface area contributed by atoms with Crippen LogP contribution in [0.1, 0.15) is 11.3 Å². The summed E-state index contributed by atoms with van der Waals surface area (Å²) < 4.78 is 12.1. The summed E-state index contributed by atoms with van der Waals surface area (Å²) in [5, 5.41) is 2.00. The number of oxazole rings is 1. The maximum Gasteiger partial charge on any atom is 0.236 e. The van der Waals surface area contributed by atoms with Crippen molar-refractivity contribution in [2.75, 3.05) is 0 Å². The zero-order chi connectivity index (χ0) is 13.9. The molecule has 0 saturated heterocycles. The molecule has 0 radical (unpaired) electrons. The lowest BCUT2D eigenvalue weighted by molar-refractivity contribution is 0.299. The summed E-state index contributed by atoms with van der Waals surface area (Å²) in [7, 11) is 0. The Hall–Kier alpha value is -1.59. The monoisotopic (exact) mass is 349 g/mol. The molecule has 0 unspecified atom stereocenters. The standard InChI is InChI=1S/C15H12BrNO2S/c1-10-4-5-13(12(16)7-10)18-8-11-9-19-15(17-11)14-3-2-6-20-14/h2-7,9H,8H2,1H3. The Morgan fingerprint density at radius 3 is 3.00 bits per heavy atom. The maximum absolute atomic E-state index is 5.74. The molecule has 0 amide bonds. The SMILES string of the molecule is Cc1ccc(OCc2coc(-c3cccs3)n2)c(Br)c1. The first kappa shape index (κ1) is 13.4. The smallest absolute Gasteiger partial charge is 0.236 e.